The van der Waals surface area contributed by atoms with Crippen LogP contribution < -0.4 is 5.32 Å². The first kappa shape index (κ1) is 13.6. The molecule has 1 nitrogen and oxygen atoms in total. The van der Waals surface area contributed by atoms with Crippen LogP contribution in [0.3, 0.4) is 0 Å². The number of aryl methyl sites for hydroxylation is 1. The molecule has 18 heavy (non-hydrogen) atoms. The van der Waals surface area contributed by atoms with Crippen molar-refractivity contribution in [3.05, 3.63) is 35.4 Å². The maximum Gasteiger partial charge on any atom is 0.00229 e. The molecule has 1 fully saturated rings. The summed E-state index contributed by atoms with van der Waals surface area (Å²) in [4.78, 5) is 0. The molecule has 100 valence electrons. The first-order valence-electron chi connectivity index (χ1n) is 7.59. The van der Waals surface area contributed by atoms with Crippen LogP contribution >= 0.6 is 0 Å². The van der Waals surface area contributed by atoms with Crippen LogP contribution in [0.1, 0.15) is 56.1 Å². The van der Waals surface area contributed by atoms with E-state index in [9.17, 15) is 0 Å². The minimum absolute atomic E-state index is 0.722. The molecule has 0 bridgehead atoms. The van der Waals surface area contributed by atoms with Crippen LogP contribution in [0.5, 0.6) is 0 Å². The van der Waals surface area contributed by atoms with Crippen LogP contribution in [0.4, 0.5) is 0 Å². The molecule has 0 heterocycles. The molecule has 1 aliphatic carbocycles. The zero-order valence-corrected chi connectivity index (χ0v) is 11.9. The molecule has 0 radical (unpaired) electrons. The Labute approximate surface area is 112 Å². The van der Waals surface area contributed by atoms with Crippen molar-refractivity contribution in [3.63, 3.8) is 0 Å². The second-order valence-corrected chi connectivity index (χ2v) is 5.71. The maximum absolute atomic E-state index is 3.64. The first-order chi connectivity index (χ1) is 8.83. The molecular formula is C17H27N. The first-order valence-corrected chi connectivity index (χ1v) is 7.59. The van der Waals surface area contributed by atoms with E-state index in [1.807, 2.05) is 0 Å². The van der Waals surface area contributed by atoms with Crippen LogP contribution in [-0.4, -0.2) is 13.1 Å². The average Bonchev–Trinajstić information content (AvgIpc) is 2.90. The van der Waals surface area contributed by atoms with E-state index in [1.165, 1.54) is 37.7 Å². The van der Waals surface area contributed by atoms with Gasteiger partial charge in [0, 0.05) is 6.54 Å². The fourth-order valence-corrected chi connectivity index (χ4v) is 3.33. The highest BCUT2D eigenvalue weighted by Crippen LogP contribution is 2.37. The van der Waals surface area contributed by atoms with Gasteiger partial charge < -0.3 is 5.32 Å². The van der Waals surface area contributed by atoms with E-state index in [4.69, 9.17) is 0 Å². The van der Waals surface area contributed by atoms with E-state index in [1.54, 1.807) is 5.56 Å². The topological polar surface area (TPSA) is 12.0 Å². The Morgan fingerprint density at radius 3 is 2.61 bits per heavy atom. The lowest BCUT2D eigenvalue weighted by Crippen LogP contribution is -2.27. The summed E-state index contributed by atoms with van der Waals surface area (Å²) in [6, 6.07) is 8.96. The Morgan fingerprint density at radius 1 is 1.22 bits per heavy atom. The van der Waals surface area contributed by atoms with Gasteiger partial charge in [-0.25, -0.2) is 0 Å². The van der Waals surface area contributed by atoms with Crippen molar-refractivity contribution < 1.29 is 0 Å². The van der Waals surface area contributed by atoms with Crippen LogP contribution in [0, 0.1) is 12.8 Å². The van der Waals surface area contributed by atoms with Gasteiger partial charge in [0.05, 0.1) is 0 Å². The van der Waals surface area contributed by atoms with Crippen molar-refractivity contribution in [2.75, 3.05) is 13.1 Å². The predicted molar refractivity (Wildman–Crippen MR) is 79.0 cm³/mol. The lowest BCUT2D eigenvalue weighted by Gasteiger charge is -2.26. The summed E-state index contributed by atoms with van der Waals surface area (Å²) >= 11 is 0. The molecule has 0 aliphatic heterocycles. The number of hydrogen-bond acceptors (Lipinski definition) is 1. The van der Waals surface area contributed by atoms with E-state index >= 15 is 0 Å². The van der Waals surface area contributed by atoms with E-state index in [-0.39, 0.29) is 0 Å². The Kier molecular flexibility index (Phi) is 5.25. The summed E-state index contributed by atoms with van der Waals surface area (Å²) in [7, 11) is 0. The van der Waals surface area contributed by atoms with Crippen molar-refractivity contribution in [3.8, 4) is 0 Å². The number of benzene rings is 1. The molecule has 0 amide bonds. The van der Waals surface area contributed by atoms with Gasteiger partial charge in [-0.05, 0) is 55.7 Å². The fraction of sp³-hybridized carbons (Fsp3) is 0.647. The quantitative estimate of drug-likeness (QED) is 0.738. The summed E-state index contributed by atoms with van der Waals surface area (Å²) in [5, 5.41) is 3.64. The molecule has 1 heteroatoms. The molecule has 1 atom stereocenters. The Hall–Kier alpha value is -0.820. The van der Waals surface area contributed by atoms with Gasteiger partial charge in [0.25, 0.3) is 0 Å². The third-order valence-electron chi connectivity index (χ3n) is 4.35. The average molecular weight is 245 g/mol. The molecule has 1 N–H and O–H groups in total. The van der Waals surface area contributed by atoms with Gasteiger partial charge in [-0.2, -0.15) is 0 Å². The van der Waals surface area contributed by atoms with Crippen LogP contribution in [0.25, 0.3) is 0 Å². The van der Waals surface area contributed by atoms with Crippen molar-refractivity contribution in [1.29, 1.82) is 0 Å². The van der Waals surface area contributed by atoms with E-state index < -0.39 is 0 Å². The third-order valence-corrected chi connectivity index (χ3v) is 4.35. The van der Waals surface area contributed by atoms with Crippen LogP contribution in [0.15, 0.2) is 24.3 Å². The largest absolute Gasteiger partial charge is 0.316 e. The summed E-state index contributed by atoms with van der Waals surface area (Å²) in [5.74, 6) is 1.62. The van der Waals surface area contributed by atoms with Crippen LogP contribution in [-0.2, 0) is 0 Å². The number of rotatable bonds is 6. The molecule has 1 unspecified atom stereocenters. The molecule has 0 spiro atoms. The number of hydrogen-bond donors (Lipinski definition) is 1. The molecule has 1 aliphatic rings. The lowest BCUT2D eigenvalue weighted by molar-refractivity contribution is 0.410. The Balaban J connectivity index is 2.10. The molecule has 1 aromatic rings. The van der Waals surface area contributed by atoms with Gasteiger partial charge in [-0.3, -0.25) is 0 Å². The van der Waals surface area contributed by atoms with Crippen molar-refractivity contribution in [2.24, 2.45) is 5.92 Å². The zero-order valence-electron chi connectivity index (χ0n) is 11.9. The van der Waals surface area contributed by atoms with Crippen molar-refractivity contribution >= 4 is 0 Å². The minimum Gasteiger partial charge on any atom is -0.316 e. The summed E-state index contributed by atoms with van der Waals surface area (Å²) in [5.41, 5.74) is 3.04. The van der Waals surface area contributed by atoms with E-state index in [0.717, 1.165) is 24.9 Å². The second kappa shape index (κ2) is 6.94. The minimum atomic E-state index is 0.722. The summed E-state index contributed by atoms with van der Waals surface area (Å²) in [6.07, 6.45) is 6.94. The highest BCUT2D eigenvalue weighted by atomic mass is 14.9. The van der Waals surface area contributed by atoms with Gasteiger partial charge >= 0.3 is 0 Å². The predicted octanol–water partition coefficient (Wildman–Crippen LogP) is 4.27. The zero-order chi connectivity index (χ0) is 12.8. The Bertz CT molecular complexity index is 352. The lowest BCUT2D eigenvalue weighted by atomic mass is 9.83. The Morgan fingerprint density at radius 2 is 1.94 bits per heavy atom. The van der Waals surface area contributed by atoms with Gasteiger partial charge in [-0.15, -0.1) is 0 Å². The SMILES string of the molecule is CCCNCC(c1ccccc1C)C1CCCC1. The smallest absolute Gasteiger partial charge is 0.00229 e. The standard InChI is InChI=1S/C17H27N/c1-3-12-18-13-17(15-9-5-6-10-15)16-11-7-4-8-14(16)2/h4,7-8,11,15,17-18H,3,5-6,9-10,12-13H2,1-2H3. The van der Waals surface area contributed by atoms with Crippen molar-refractivity contribution in [1.82, 2.24) is 5.32 Å². The molecule has 0 saturated heterocycles. The van der Waals surface area contributed by atoms with Crippen molar-refractivity contribution in [2.45, 2.75) is 51.9 Å². The van der Waals surface area contributed by atoms with Gasteiger partial charge in [0.15, 0.2) is 0 Å². The second-order valence-electron chi connectivity index (χ2n) is 5.71. The molecule has 1 aromatic carbocycles. The number of nitrogens with one attached hydrogen (secondary N) is 1. The monoisotopic (exact) mass is 245 g/mol. The molecular weight excluding hydrogens is 218 g/mol. The van der Waals surface area contributed by atoms with E-state index in [2.05, 4.69) is 43.4 Å². The van der Waals surface area contributed by atoms with E-state index in [0.29, 0.717) is 0 Å². The molecule has 0 aromatic heterocycles. The third kappa shape index (κ3) is 3.35. The summed E-state index contributed by atoms with van der Waals surface area (Å²) < 4.78 is 0. The fourth-order valence-electron chi connectivity index (χ4n) is 3.33. The highest BCUT2D eigenvalue weighted by Gasteiger charge is 2.26. The maximum atomic E-state index is 3.64. The van der Waals surface area contributed by atoms with Gasteiger partial charge in [0.1, 0.15) is 0 Å². The van der Waals surface area contributed by atoms with Gasteiger partial charge in [0.2, 0.25) is 0 Å². The van der Waals surface area contributed by atoms with Gasteiger partial charge in [-0.1, -0.05) is 44.0 Å². The summed E-state index contributed by atoms with van der Waals surface area (Å²) in [6.45, 7) is 6.81. The highest BCUT2D eigenvalue weighted by molar-refractivity contribution is 5.30. The van der Waals surface area contributed by atoms with Crippen LogP contribution in [0.2, 0.25) is 0 Å². The normalized spacial score (nSPS) is 18.1. The molecule has 1 saturated carbocycles. The molecule has 2 rings (SSSR count).